The first-order chi connectivity index (χ1) is 10.7. The second-order valence-corrected chi connectivity index (χ2v) is 5.39. The lowest BCUT2D eigenvalue weighted by molar-refractivity contribution is -0.292. The predicted octanol–water partition coefficient (Wildman–Crippen LogP) is 1.64. The maximum Gasteiger partial charge on any atom is 0.437 e. The number of halogens is 3. The number of benzene rings is 1. The number of esters is 1. The van der Waals surface area contributed by atoms with Gasteiger partial charge in [-0.1, -0.05) is 30.3 Å². The Morgan fingerprint density at radius 3 is 2.52 bits per heavy atom. The van der Waals surface area contributed by atoms with E-state index in [0.29, 0.717) is 5.56 Å². The average Bonchev–Trinajstić information content (AvgIpc) is 2.46. The van der Waals surface area contributed by atoms with Crippen LogP contribution in [0.3, 0.4) is 0 Å². The molecule has 1 aliphatic heterocycles. The van der Waals surface area contributed by atoms with Crippen LogP contribution < -0.4 is 10.6 Å². The maximum absolute atomic E-state index is 13.4. The molecule has 1 aromatic carbocycles. The Hall–Kier alpha value is -1.87. The fourth-order valence-electron chi connectivity index (χ4n) is 2.47. The van der Waals surface area contributed by atoms with Crippen LogP contribution >= 0.6 is 12.2 Å². The molecule has 3 N–H and O–H groups in total. The molecule has 0 spiro atoms. The normalized spacial score (nSPS) is 27.8. The molecule has 0 unspecified atom stereocenters. The Kier molecular flexibility index (Phi) is 4.81. The number of carbonyl (C=O) groups is 1. The number of ether oxygens (including phenoxy) is 1. The average molecular weight is 348 g/mol. The molecule has 1 aliphatic rings. The predicted molar refractivity (Wildman–Crippen MR) is 79.2 cm³/mol. The number of thiocarbonyl (C=S) groups is 1. The molecule has 0 amide bonds. The van der Waals surface area contributed by atoms with Gasteiger partial charge in [0.2, 0.25) is 0 Å². The molecule has 23 heavy (non-hydrogen) atoms. The molecule has 126 valence electrons. The van der Waals surface area contributed by atoms with E-state index < -0.39 is 34.9 Å². The summed E-state index contributed by atoms with van der Waals surface area (Å²) in [6.07, 6.45) is -5.14. The van der Waals surface area contributed by atoms with Crippen LogP contribution in [0.5, 0.6) is 0 Å². The van der Waals surface area contributed by atoms with E-state index in [-0.39, 0.29) is 6.61 Å². The quantitative estimate of drug-likeness (QED) is 0.570. The molecule has 1 fully saturated rings. The number of nitrogens with one attached hydrogen (secondary N) is 2. The lowest BCUT2D eigenvalue weighted by Gasteiger charge is -2.45. The van der Waals surface area contributed by atoms with Crippen molar-refractivity contribution in [2.24, 2.45) is 5.92 Å². The second-order valence-electron chi connectivity index (χ2n) is 4.98. The molecule has 1 heterocycles. The van der Waals surface area contributed by atoms with Crippen molar-refractivity contribution in [2.75, 3.05) is 6.61 Å². The first-order valence-electron chi connectivity index (χ1n) is 6.80. The maximum atomic E-state index is 13.4. The highest BCUT2D eigenvalue weighted by atomic mass is 32.1. The Morgan fingerprint density at radius 2 is 2.00 bits per heavy atom. The minimum Gasteiger partial charge on any atom is -0.466 e. The van der Waals surface area contributed by atoms with Crippen molar-refractivity contribution in [3.05, 3.63) is 35.9 Å². The van der Waals surface area contributed by atoms with Gasteiger partial charge in [-0.05, 0) is 24.7 Å². The van der Waals surface area contributed by atoms with E-state index in [2.05, 4.69) is 5.32 Å². The van der Waals surface area contributed by atoms with Crippen molar-refractivity contribution in [1.82, 2.24) is 10.6 Å². The van der Waals surface area contributed by atoms with E-state index in [0.717, 1.165) is 0 Å². The van der Waals surface area contributed by atoms with Crippen LogP contribution in [0.1, 0.15) is 18.5 Å². The van der Waals surface area contributed by atoms with Crippen LogP contribution in [0.4, 0.5) is 13.2 Å². The standard InChI is InChI=1S/C14H15F3N2O3S/c1-2-22-11(20)9-10(8-6-4-3-5-7-8)18-12(23)19-13(9,21)14(15,16)17/h3-7,9-10,21H,2H2,1H3,(H2,18,19,23)/t9-,10-,13-/m0/s1. The molecular weight excluding hydrogens is 333 g/mol. The highest BCUT2D eigenvalue weighted by molar-refractivity contribution is 7.80. The monoisotopic (exact) mass is 348 g/mol. The van der Waals surface area contributed by atoms with Crippen molar-refractivity contribution in [1.29, 1.82) is 0 Å². The van der Waals surface area contributed by atoms with Crippen LogP contribution in [-0.4, -0.2) is 34.7 Å². The van der Waals surface area contributed by atoms with E-state index in [4.69, 9.17) is 17.0 Å². The van der Waals surface area contributed by atoms with E-state index in [1.165, 1.54) is 19.1 Å². The number of hydrogen-bond donors (Lipinski definition) is 3. The summed E-state index contributed by atoms with van der Waals surface area (Å²) in [5.74, 6) is -3.14. The summed E-state index contributed by atoms with van der Waals surface area (Å²) in [5.41, 5.74) is -3.15. The Balaban J connectivity index is 2.54. The Labute approximate surface area is 135 Å². The van der Waals surface area contributed by atoms with Gasteiger partial charge in [-0.3, -0.25) is 4.79 Å². The molecular formula is C14H15F3N2O3S. The van der Waals surface area contributed by atoms with Gasteiger partial charge in [-0.2, -0.15) is 13.2 Å². The van der Waals surface area contributed by atoms with Gasteiger partial charge >= 0.3 is 12.1 Å². The summed E-state index contributed by atoms with van der Waals surface area (Å²) in [6, 6.07) is 6.78. The highest BCUT2D eigenvalue weighted by Crippen LogP contribution is 2.42. The lowest BCUT2D eigenvalue weighted by Crippen LogP contribution is -2.73. The largest absolute Gasteiger partial charge is 0.466 e. The molecule has 0 radical (unpaired) electrons. The molecule has 0 aliphatic carbocycles. The number of hydrogen-bond acceptors (Lipinski definition) is 4. The van der Waals surface area contributed by atoms with Crippen LogP contribution in [-0.2, 0) is 9.53 Å². The van der Waals surface area contributed by atoms with Gasteiger partial charge in [0.1, 0.15) is 5.92 Å². The zero-order valence-corrected chi connectivity index (χ0v) is 12.9. The third-order valence-electron chi connectivity index (χ3n) is 3.51. The number of rotatable bonds is 3. The second kappa shape index (κ2) is 6.32. The van der Waals surface area contributed by atoms with Gasteiger partial charge < -0.3 is 20.5 Å². The number of alkyl halides is 3. The molecule has 5 nitrogen and oxygen atoms in total. The minimum absolute atomic E-state index is 0.116. The fourth-order valence-corrected chi connectivity index (χ4v) is 2.76. The van der Waals surface area contributed by atoms with Crippen LogP contribution in [0.25, 0.3) is 0 Å². The van der Waals surface area contributed by atoms with Crippen LogP contribution in [0.2, 0.25) is 0 Å². The van der Waals surface area contributed by atoms with E-state index in [9.17, 15) is 23.1 Å². The first-order valence-corrected chi connectivity index (χ1v) is 7.21. The zero-order valence-electron chi connectivity index (χ0n) is 12.1. The van der Waals surface area contributed by atoms with Gasteiger partial charge in [0.25, 0.3) is 5.72 Å². The zero-order chi connectivity index (χ0) is 17.3. The fraction of sp³-hybridized carbons (Fsp3) is 0.429. The molecule has 1 saturated heterocycles. The van der Waals surface area contributed by atoms with Gasteiger partial charge in [0, 0.05) is 0 Å². The third kappa shape index (κ3) is 3.25. The number of carbonyl (C=O) groups excluding carboxylic acids is 1. The van der Waals surface area contributed by atoms with Gasteiger partial charge in [0.05, 0.1) is 12.6 Å². The Bertz CT molecular complexity index is 597. The summed E-state index contributed by atoms with van der Waals surface area (Å²) >= 11 is 4.77. The molecule has 0 bridgehead atoms. The summed E-state index contributed by atoms with van der Waals surface area (Å²) in [4.78, 5) is 12.1. The van der Waals surface area contributed by atoms with Crippen LogP contribution in [0, 0.1) is 5.92 Å². The smallest absolute Gasteiger partial charge is 0.437 e. The minimum atomic E-state index is -5.14. The molecule has 9 heteroatoms. The first kappa shape index (κ1) is 17.5. The molecule has 1 aromatic rings. The van der Waals surface area contributed by atoms with Crippen molar-refractivity contribution < 1.29 is 27.8 Å². The van der Waals surface area contributed by atoms with Crippen molar-refractivity contribution in [3.63, 3.8) is 0 Å². The summed E-state index contributed by atoms with van der Waals surface area (Å²) in [7, 11) is 0. The van der Waals surface area contributed by atoms with Crippen LogP contribution in [0.15, 0.2) is 30.3 Å². The third-order valence-corrected chi connectivity index (χ3v) is 3.73. The van der Waals surface area contributed by atoms with Crippen molar-refractivity contribution in [2.45, 2.75) is 24.9 Å². The molecule has 2 rings (SSSR count). The highest BCUT2D eigenvalue weighted by Gasteiger charge is 2.66. The van der Waals surface area contributed by atoms with Crippen molar-refractivity contribution in [3.8, 4) is 0 Å². The topological polar surface area (TPSA) is 70.6 Å². The lowest BCUT2D eigenvalue weighted by atomic mass is 9.82. The van der Waals surface area contributed by atoms with E-state index in [1.807, 2.05) is 0 Å². The van der Waals surface area contributed by atoms with Gasteiger partial charge in [-0.25, -0.2) is 0 Å². The van der Waals surface area contributed by atoms with Gasteiger partial charge in [0.15, 0.2) is 5.11 Å². The SMILES string of the molecule is CCOC(=O)[C@@H]1[C@H](c2ccccc2)NC(=S)N[C@@]1(O)C(F)(F)F. The summed E-state index contributed by atoms with van der Waals surface area (Å²) in [6.45, 7) is 1.35. The summed E-state index contributed by atoms with van der Waals surface area (Å²) < 4.78 is 45.0. The molecule has 0 saturated carbocycles. The van der Waals surface area contributed by atoms with Gasteiger partial charge in [-0.15, -0.1) is 0 Å². The summed E-state index contributed by atoms with van der Waals surface area (Å²) in [5, 5.41) is 14.2. The molecule has 3 atom stereocenters. The Morgan fingerprint density at radius 1 is 1.39 bits per heavy atom. The van der Waals surface area contributed by atoms with Crippen molar-refractivity contribution >= 4 is 23.3 Å². The number of aliphatic hydroxyl groups is 1. The van der Waals surface area contributed by atoms with E-state index in [1.54, 1.807) is 23.5 Å². The molecule has 0 aromatic heterocycles. The van der Waals surface area contributed by atoms with E-state index >= 15 is 0 Å².